The first-order valence-corrected chi connectivity index (χ1v) is 7.71. The Hall–Kier alpha value is -1.63. The van der Waals surface area contributed by atoms with E-state index in [0.29, 0.717) is 0 Å². The van der Waals surface area contributed by atoms with Crippen molar-refractivity contribution in [1.82, 2.24) is 0 Å². The minimum atomic E-state index is -3.97. The highest BCUT2D eigenvalue weighted by Crippen LogP contribution is 2.11. The Kier molecular flexibility index (Phi) is 15.2. The molecule has 0 N–H and O–H groups in total. The Morgan fingerprint density at radius 2 is 1.62 bits per heavy atom. The van der Waals surface area contributed by atoms with Crippen molar-refractivity contribution in [3.63, 3.8) is 0 Å². The fourth-order valence-electron chi connectivity index (χ4n) is 0.954. The predicted octanol–water partition coefficient (Wildman–Crippen LogP) is 3.36. The summed E-state index contributed by atoms with van der Waals surface area (Å²) >= 11 is 0. The zero-order valence-electron chi connectivity index (χ0n) is 12.7. The summed E-state index contributed by atoms with van der Waals surface area (Å²) in [5.74, 6) is 0.219. The molecule has 0 spiro atoms. The van der Waals surface area contributed by atoms with Crippen LogP contribution in [-0.4, -0.2) is 28.2 Å². The van der Waals surface area contributed by atoms with E-state index in [1.54, 1.807) is 18.2 Å². The number of hydrogen-bond acceptors (Lipinski definition) is 5. The molecule has 0 fully saturated rings. The molecule has 1 rings (SSSR count). The van der Waals surface area contributed by atoms with Crippen LogP contribution in [0, 0.1) is 0 Å². The lowest BCUT2D eigenvalue weighted by atomic mass is 10.3. The summed E-state index contributed by atoms with van der Waals surface area (Å²) in [6, 6.07) is 8.13. The van der Waals surface area contributed by atoms with Crippen molar-refractivity contribution in [3.8, 4) is 5.75 Å². The van der Waals surface area contributed by atoms with Crippen LogP contribution >= 0.6 is 0 Å². The molecule has 0 bridgehead atoms. The first-order chi connectivity index (χ1) is 10.1. The lowest BCUT2D eigenvalue weighted by Gasteiger charge is -2.04. The molecule has 0 aromatic heterocycles. The summed E-state index contributed by atoms with van der Waals surface area (Å²) in [5, 5.41) is 0. The molecule has 0 radical (unpaired) electrons. The van der Waals surface area contributed by atoms with Crippen LogP contribution < -0.4 is 4.18 Å². The molecule has 1 aromatic carbocycles. The van der Waals surface area contributed by atoms with Crippen LogP contribution in [-0.2, 0) is 19.3 Å². The monoisotopic (exact) mass is 316 g/mol. The molecule has 120 valence electrons. The summed E-state index contributed by atoms with van der Waals surface area (Å²) in [6.07, 6.45) is 1.33. The van der Waals surface area contributed by atoms with E-state index in [0.717, 1.165) is 13.2 Å². The Balaban J connectivity index is 0. The van der Waals surface area contributed by atoms with Gasteiger partial charge in [0.15, 0.2) is 0 Å². The van der Waals surface area contributed by atoms with E-state index >= 15 is 0 Å². The Labute approximate surface area is 128 Å². The van der Waals surface area contributed by atoms with Crippen LogP contribution in [0.3, 0.4) is 0 Å². The normalized spacial score (nSPS) is 9.43. The fourth-order valence-corrected chi connectivity index (χ4v) is 1.61. The fraction of sp³-hybridized carbons (Fsp3) is 0.333. The molecule has 0 atom stereocenters. The van der Waals surface area contributed by atoms with Crippen LogP contribution in [0.5, 0.6) is 5.75 Å². The van der Waals surface area contributed by atoms with E-state index < -0.39 is 10.4 Å². The molecule has 0 saturated carbocycles. The summed E-state index contributed by atoms with van der Waals surface area (Å²) in [7, 11) is -3.97. The lowest BCUT2D eigenvalue weighted by Crippen LogP contribution is -2.13. The molecule has 0 aliphatic heterocycles. The number of ether oxygens (including phenoxy) is 1. The van der Waals surface area contributed by atoms with Crippen molar-refractivity contribution in [2.75, 3.05) is 19.8 Å². The van der Waals surface area contributed by atoms with Crippen molar-refractivity contribution >= 4 is 10.4 Å². The molecular weight excluding hydrogens is 292 g/mol. The smallest absolute Gasteiger partial charge is 0.382 e. The van der Waals surface area contributed by atoms with Gasteiger partial charge in [0.2, 0.25) is 0 Å². The average molecular weight is 316 g/mol. The topological polar surface area (TPSA) is 61.8 Å². The van der Waals surface area contributed by atoms with E-state index in [-0.39, 0.29) is 12.4 Å². The van der Waals surface area contributed by atoms with Gasteiger partial charge in [-0.3, -0.25) is 0 Å². The van der Waals surface area contributed by atoms with Gasteiger partial charge in [-0.2, -0.15) is 8.42 Å². The number of hydrogen-bond donors (Lipinski definition) is 0. The first kappa shape index (κ1) is 21.7. The van der Waals surface area contributed by atoms with E-state index in [2.05, 4.69) is 28.1 Å². The van der Waals surface area contributed by atoms with Crippen LogP contribution in [0.15, 0.2) is 56.1 Å². The van der Waals surface area contributed by atoms with E-state index in [4.69, 9.17) is 4.74 Å². The molecule has 0 aliphatic carbocycles. The van der Waals surface area contributed by atoms with Gasteiger partial charge in [-0.15, -0.1) is 19.7 Å². The highest BCUT2D eigenvalue weighted by molar-refractivity contribution is 7.82. The van der Waals surface area contributed by atoms with E-state index in [9.17, 15) is 8.42 Å². The third-order valence-corrected chi connectivity index (χ3v) is 2.50. The highest BCUT2D eigenvalue weighted by atomic mass is 32.3. The van der Waals surface area contributed by atoms with E-state index in [1.807, 2.05) is 13.8 Å². The van der Waals surface area contributed by atoms with Crippen LogP contribution in [0.25, 0.3) is 0 Å². The molecule has 21 heavy (non-hydrogen) atoms. The van der Waals surface area contributed by atoms with Gasteiger partial charge in [0.1, 0.15) is 5.75 Å². The zero-order valence-corrected chi connectivity index (χ0v) is 13.5. The lowest BCUT2D eigenvalue weighted by molar-refractivity contribution is 0.162. The maximum Gasteiger partial charge on any atom is 0.449 e. The van der Waals surface area contributed by atoms with Gasteiger partial charge in [-0.05, 0) is 26.0 Å². The largest absolute Gasteiger partial charge is 0.449 e. The van der Waals surface area contributed by atoms with Crippen molar-refractivity contribution in [1.29, 1.82) is 0 Å². The molecule has 0 amide bonds. The summed E-state index contributed by atoms with van der Waals surface area (Å²) in [5.41, 5.74) is 0. The van der Waals surface area contributed by atoms with Crippen LogP contribution in [0.4, 0.5) is 0 Å². The molecule has 0 unspecified atom stereocenters. The molecule has 0 heterocycles. The number of rotatable bonds is 7. The van der Waals surface area contributed by atoms with Gasteiger partial charge >= 0.3 is 10.4 Å². The molecule has 6 heteroatoms. The van der Waals surface area contributed by atoms with Crippen LogP contribution in [0.1, 0.15) is 13.8 Å². The van der Waals surface area contributed by atoms with Crippen molar-refractivity contribution in [2.24, 2.45) is 0 Å². The quantitative estimate of drug-likeness (QED) is 0.722. The standard InChI is InChI=1S/C9H10O4S.C4H10O.C2H4/c1-2-8-12-14(10,11)13-9-6-4-3-5-7-9;1-3-5-4-2;1-2/h2-7H,1,8H2;3-4H2,1-2H3;1-2H2. The minimum absolute atomic E-state index is 0.102. The maximum atomic E-state index is 11.1. The molecular formula is C15H24O5S. The van der Waals surface area contributed by atoms with Crippen molar-refractivity contribution in [2.45, 2.75) is 13.8 Å². The third kappa shape index (κ3) is 14.6. The summed E-state index contributed by atoms with van der Waals surface area (Å²) in [4.78, 5) is 0. The minimum Gasteiger partial charge on any atom is -0.382 e. The van der Waals surface area contributed by atoms with E-state index in [1.165, 1.54) is 18.2 Å². The Morgan fingerprint density at radius 1 is 1.10 bits per heavy atom. The van der Waals surface area contributed by atoms with Crippen LogP contribution in [0.2, 0.25) is 0 Å². The third-order valence-electron chi connectivity index (χ3n) is 1.68. The van der Waals surface area contributed by atoms with Crippen molar-refractivity contribution in [3.05, 3.63) is 56.1 Å². The predicted molar refractivity (Wildman–Crippen MR) is 85.6 cm³/mol. The molecule has 5 nitrogen and oxygen atoms in total. The highest BCUT2D eigenvalue weighted by Gasteiger charge is 2.11. The maximum absolute atomic E-state index is 11.1. The van der Waals surface area contributed by atoms with Gasteiger partial charge in [-0.1, -0.05) is 24.3 Å². The molecule has 1 aromatic rings. The van der Waals surface area contributed by atoms with Gasteiger partial charge in [0, 0.05) is 13.2 Å². The second kappa shape index (κ2) is 14.8. The van der Waals surface area contributed by atoms with Crippen molar-refractivity contribution < 1.29 is 21.5 Å². The SMILES string of the molecule is C=C.C=CCOS(=O)(=O)Oc1ccccc1.CCOCC. The van der Waals surface area contributed by atoms with Gasteiger partial charge in [0.05, 0.1) is 6.61 Å². The molecule has 0 saturated heterocycles. The summed E-state index contributed by atoms with van der Waals surface area (Å²) in [6.45, 7) is 14.9. The Bertz CT molecular complexity index is 440. The van der Waals surface area contributed by atoms with Gasteiger partial charge < -0.3 is 8.92 Å². The Morgan fingerprint density at radius 3 is 2.00 bits per heavy atom. The first-order valence-electron chi connectivity index (χ1n) is 6.38. The second-order valence-electron chi connectivity index (χ2n) is 3.16. The van der Waals surface area contributed by atoms with Gasteiger partial charge in [0.25, 0.3) is 0 Å². The number of benzene rings is 1. The summed E-state index contributed by atoms with van der Waals surface area (Å²) < 4.78 is 36.0. The number of para-hydroxylation sites is 1. The molecule has 0 aliphatic rings. The van der Waals surface area contributed by atoms with Gasteiger partial charge in [-0.25, -0.2) is 4.18 Å². The average Bonchev–Trinajstić information content (AvgIpc) is 2.49. The second-order valence-corrected chi connectivity index (χ2v) is 4.38. The zero-order chi connectivity index (χ0) is 16.6.